The van der Waals surface area contributed by atoms with Gasteiger partial charge >= 0.3 is 12.2 Å². The zero-order valence-electron chi connectivity index (χ0n) is 17.1. The molecule has 4 rings (SSSR count). The van der Waals surface area contributed by atoms with E-state index in [1.54, 1.807) is 0 Å². The van der Waals surface area contributed by atoms with Gasteiger partial charge < -0.3 is 9.30 Å². The number of methoxy groups -OCH3 is 1. The van der Waals surface area contributed by atoms with Gasteiger partial charge in [0.25, 0.3) is 11.8 Å². The van der Waals surface area contributed by atoms with E-state index in [1.165, 1.54) is 72.5 Å². The summed E-state index contributed by atoms with van der Waals surface area (Å²) in [7, 11) is 1.46. The summed E-state index contributed by atoms with van der Waals surface area (Å²) in [6.45, 7) is 0. The zero-order valence-corrected chi connectivity index (χ0v) is 17.1. The van der Waals surface area contributed by atoms with Crippen molar-refractivity contribution >= 4 is 29.6 Å². The molecular weight excluding hydrogens is 439 g/mol. The number of nitrogens with zero attached hydrogens (tertiary/aromatic N) is 2. The van der Waals surface area contributed by atoms with E-state index in [-0.39, 0.29) is 17.1 Å². The molecule has 1 aliphatic rings. The number of barbiturate groups is 1. The van der Waals surface area contributed by atoms with E-state index in [1.807, 2.05) is 0 Å². The first kappa shape index (κ1) is 21.9. The minimum absolute atomic E-state index is 0.147. The van der Waals surface area contributed by atoms with Crippen molar-refractivity contribution in [3.05, 3.63) is 83.7 Å². The summed E-state index contributed by atoms with van der Waals surface area (Å²) in [5.74, 6) is -1.37. The second kappa shape index (κ2) is 8.30. The number of alkyl halides is 3. The third-order valence-corrected chi connectivity index (χ3v) is 4.97. The number of anilines is 1. The lowest BCUT2D eigenvalue weighted by atomic mass is 10.1. The third kappa shape index (κ3) is 4.10. The number of hydrogen-bond acceptors (Lipinski definition) is 4. The number of carbonyl (C=O) groups is 3. The summed E-state index contributed by atoms with van der Waals surface area (Å²) in [6, 6.07) is 12.9. The number of ether oxygens (including phenoxy) is 1. The van der Waals surface area contributed by atoms with Crippen molar-refractivity contribution < 1.29 is 32.3 Å². The van der Waals surface area contributed by atoms with Crippen LogP contribution in [0.15, 0.2) is 72.4 Å². The normalized spacial score (nSPS) is 15.7. The molecule has 1 saturated heterocycles. The summed E-state index contributed by atoms with van der Waals surface area (Å²) < 4.78 is 46.7. The highest BCUT2D eigenvalue weighted by molar-refractivity contribution is 6.39. The predicted molar refractivity (Wildman–Crippen MR) is 113 cm³/mol. The Labute approximate surface area is 185 Å². The molecule has 0 spiro atoms. The second-order valence-corrected chi connectivity index (χ2v) is 6.97. The van der Waals surface area contributed by atoms with Crippen LogP contribution in [0, 0.1) is 0 Å². The number of amides is 4. The number of para-hydroxylation sites is 1. The standard InChI is InChI=1S/C23H16F3N3O4/c1-33-16-10-8-14(9-11-16)29-21(31)17(20(30)27-22(29)32)13-15-5-4-12-28(15)19-7-3-2-6-18(19)23(24,25)26/h2-13H,1H3,(H,27,30,32)/b17-13-. The maximum atomic E-state index is 13.5. The molecule has 3 aromatic rings. The van der Waals surface area contributed by atoms with Gasteiger partial charge in [-0.05, 0) is 54.6 Å². The van der Waals surface area contributed by atoms with E-state index in [0.29, 0.717) is 5.75 Å². The van der Waals surface area contributed by atoms with E-state index >= 15 is 0 Å². The number of hydrogen-bond donors (Lipinski definition) is 1. The Balaban J connectivity index is 1.76. The molecule has 33 heavy (non-hydrogen) atoms. The van der Waals surface area contributed by atoms with Crippen LogP contribution in [0.4, 0.5) is 23.7 Å². The summed E-state index contributed by atoms with van der Waals surface area (Å²) in [6.07, 6.45) is -2.08. The monoisotopic (exact) mass is 455 g/mol. The average molecular weight is 455 g/mol. The molecule has 0 saturated carbocycles. The highest BCUT2D eigenvalue weighted by Gasteiger charge is 2.37. The third-order valence-electron chi connectivity index (χ3n) is 4.97. The number of benzene rings is 2. The summed E-state index contributed by atoms with van der Waals surface area (Å²) in [5.41, 5.74) is -1.12. The second-order valence-electron chi connectivity index (χ2n) is 6.97. The molecule has 1 fully saturated rings. The Morgan fingerprint density at radius 1 is 0.939 bits per heavy atom. The SMILES string of the molecule is COc1ccc(N2C(=O)NC(=O)/C(=C/c3cccn3-c3ccccc3C(F)(F)F)C2=O)cc1. The molecule has 7 nitrogen and oxygen atoms in total. The van der Waals surface area contributed by atoms with Crippen molar-refractivity contribution in [3.63, 3.8) is 0 Å². The first-order valence-electron chi connectivity index (χ1n) is 9.60. The molecule has 168 valence electrons. The Hall–Kier alpha value is -4.34. The van der Waals surface area contributed by atoms with Gasteiger partial charge in [-0.2, -0.15) is 13.2 Å². The molecule has 10 heteroatoms. The lowest BCUT2D eigenvalue weighted by Gasteiger charge is -2.26. The van der Waals surface area contributed by atoms with Gasteiger partial charge in [-0.1, -0.05) is 12.1 Å². The molecule has 0 unspecified atom stereocenters. The van der Waals surface area contributed by atoms with Gasteiger partial charge in [-0.3, -0.25) is 14.9 Å². The Morgan fingerprint density at radius 2 is 1.64 bits per heavy atom. The lowest BCUT2D eigenvalue weighted by Crippen LogP contribution is -2.54. The molecular formula is C23H16F3N3O4. The minimum Gasteiger partial charge on any atom is -0.497 e. The fraction of sp³-hybridized carbons (Fsp3) is 0.0870. The fourth-order valence-electron chi connectivity index (χ4n) is 3.43. The molecule has 1 aliphatic heterocycles. The maximum absolute atomic E-state index is 13.5. The Kier molecular flexibility index (Phi) is 5.50. The zero-order chi connectivity index (χ0) is 23.8. The summed E-state index contributed by atoms with van der Waals surface area (Å²) >= 11 is 0. The van der Waals surface area contributed by atoms with Gasteiger partial charge in [0.15, 0.2) is 0 Å². The van der Waals surface area contributed by atoms with Crippen molar-refractivity contribution in [1.82, 2.24) is 9.88 Å². The van der Waals surface area contributed by atoms with E-state index in [2.05, 4.69) is 5.32 Å². The molecule has 0 bridgehead atoms. The van der Waals surface area contributed by atoms with Crippen LogP contribution in [-0.4, -0.2) is 29.5 Å². The van der Waals surface area contributed by atoms with Crippen LogP contribution in [0.2, 0.25) is 0 Å². The quantitative estimate of drug-likeness (QED) is 0.473. The molecule has 4 amide bonds. The van der Waals surface area contributed by atoms with Crippen molar-refractivity contribution in [2.24, 2.45) is 0 Å². The van der Waals surface area contributed by atoms with Crippen LogP contribution in [0.3, 0.4) is 0 Å². The van der Waals surface area contributed by atoms with Crippen molar-refractivity contribution in [2.75, 3.05) is 12.0 Å². The van der Waals surface area contributed by atoms with Crippen LogP contribution < -0.4 is 15.0 Å². The van der Waals surface area contributed by atoms with Crippen molar-refractivity contribution in [1.29, 1.82) is 0 Å². The molecule has 1 N–H and O–H groups in total. The number of aromatic nitrogens is 1. The number of halogens is 3. The van der Waals surface area contributed by atoms with E-state index in [4.69, 9.17) is 4.74 Å². The maximum Gasteiger partial charge on any atom is 0.418 e. The van der Waals surface area contributed by atoms with Crippen molar-refractivity contribution in [3.8, 4) is 11.4 Å². The highest BCUT2D eigenvalue weighted by atomic mass is 19.4. The average Bonchev–Trinajstić information content (AvgIpc) is 3.24. The summed E-state index contributed by atoms with van der Waals surface area (Å²) in [4.78, 5) is 38.6. The molecule has 2 aromatic carbocycles. The molecule has 2 heterocycles. The lowest BCUT2D eigenvalue weighted by molar-refractivity contribution is -0.137. The predicted octanol–water partition coefficient (Wildman–Crippen LogP) is 4.17. The van der Waals surface area contributed by atoms with Gasteiger partial charge in [-0.15, -0.1) is 0 Å². The Bertz CT molecular complexity index is 1280. The van der Waals surface area contributed by atoms with E-state index in [0.717, 1.165) is 17.0 Å². The molecule has 0 radical (unpaired) electrons. The van der Waals surface area contributed by atoms with Gasteiger partial charge in [0.2, 0.25) is 0 Å². The smallest absolute Gasteiger partial charge is 0.418 e. The first-order chi connectivity index (χ1) is 15.7. The topological polar surface area (TPSA) is 80.6 Å². The van der Waals surface area contributed by atoms with Crippen LogP contribution in [0.5, 0.6) is 5.75 Å². The first-order valence-corrected chi connectivity index (χ1v) is 9.60. The number of rotatable bonds is 4. The van der Waals surface area contributed by atoms with Crippen molar-refractivity contribution in [2.45, 2.75) is 6.18 Å². The number of carbonyl (C=O) groups excluding carboxylic acids is 3. The minimum atomic E-state index is -4.61. The van der Waals surface area contributed by atoms with E-state index < -0.39 is 35.2 Å². The van der Waals surface area contributed by atoms with Gasteiger partial charge in [0, 0.05) is 11.9 Å². The largest absolute Gasteiger partial charge is 0.497 e. The van der Waals surface area contributed by atoms with Gasteiger partial charge in [0.1, 0.15) is 11.3 Å². The number of nitrogens with one attached hydrogen (secondary N) is 1. The van der Waals surface area contributed by atoms with Gasteiger partial charge in [-0.25, -0.2) is 9.69 Å². The number of urea groups is 1. The molecule has 0 atom stereocenters. The molecule has 1 aromatic heterocycles. The van der Waals surface area contributed by atoms with Crippen LogP contribution in [-0.2, 0) is 15.8 Å². The van der Waals surface area contributed by atoms with Crippen LogP contribution >= 0.6 is 0 Å². The highest BCUT2D eigenvalue weighted by Crippen LogP contribution is 2.34. The fourth-order valence-corrected chi connectivity index (χ4v) is 3.43. The van der Waals surface area contributed by atoms with Crippen LogP contribution in [0.25, 0.3) is 11.8 Å². The van der Waals surface area contributed by atoms with E-state index in [9.17, 15) is 27.6 Å². The number of imide groups is 2. The van der Waals surface area contributed by atoms with Gasteiger partial charge in [0.05, 0.1) is 24.0 Å². The molecule has 0 aliphatic carbocycles. The summed E-state index contributed by atoms with van der Waals surface area (Å²) in [5, 5.41) is 2.08. The van der Waals surface area contributed by atoms with Crippen LogP contribution in [0.1, 0.15) is 11.3 Å². The Morgan fingerprint density at radius 3 is 2.30 bits per heavy atom.